The van der Waals surface area contributed by atoms with E-state index in [0.29, 0.717) is 23.5 Å². The Morgan fingerprint density at radius 1 is 0.973 bits per heavy atom. The van der Waals surface area contributed by atoms with Crippen molar-refractivity contribution in [3.8, 4) is 5.75 Å². The molecule has 2 aliphatic carbocycles. The van der Waals surface area contributed by atoms with Crippen LogP contribution < -0.4 is 10.1 Å². The fourth-order valence-electron chi connectivity index (χ4n) is 5.73. The van der Waals surface area contributed by atoms with Gasteiger partial charge in [0.05, 0.1) is 11.7 Å². The maximum Gasteiger partial charge on any atom is 0.335 e. The molecule has 1 fully saturated rings. The number of aliphatic hydroxyl groups excluding tert-OH is 1. The summed E-state index contributed by atoms with van der Waals surface area (Å²) in [5.74, 6) is 0.116. The second kappa shape index (κ2) is 11.7. The number of aliphatic hydroxyl groups is 1. The molecular weight excluding hydrogens is 486 g/mol. The van der Waals surface area contributed by atoms with E-state index in [2.05, 4.69) is 23.5 Å². The summed E-state index contributed by atoms with van der Waals surface area (Å²) in [7, 11) is 0. The Morgan fingerprint density at radius 3 is 2.49 bits per heavy atom. The lowest BCUT2D eigenvalue weighted by Gasteiger charge is -2.33. The van der Waals surface area contributed by atoms with Crippen LogP contribution in [0.25, 0.3) is 0 Å². The fraction of sp³-hybridized carbons (Fsp3) is 0.387. The highest BCUT2D eigenvalue weighted by Gasteiger charge is 2.29. The van der Waals surface area contributed by atoms with Crippen LogP contribution in [0.5, 0.6) is 5.75 Å². The molecule has 37 heavy (non-hydrogen) atoms. The van der Waals surface area contributed by atoms with Crippen molar-refractivity contribution >= 4 is 17.6 Å². The highest BCUT2D eigenvalue weighted by atomic mass is 35.5. The maximum atomic E-state index is 11.2. The number of carboxylic acids is 1. The zero-order chi connectivity index (χ0) is 25.8. The zero-order valence-electron chi connectivity index (χ0n) is 20.9. The first-order valence-corrected chi connectivity index (χ1v) is 13.6. The second-order valence-electron chi connectivity index (χ2n) is 10.3. The molecule has 4 atom stereocenters. The van der Waals surface area contributed by atoms with Gasteiger partial charge in [0.25, 0.3) is 0 Å². The van der Waals surface area contributed by atoms with Gasteiger partial charge >= 0.3 is 5.97 Å². The number of ether oxygens (including phenoxy) is 1. The number of aromatic carboxylic acids is 1. The number of rotatable bonds is 8. The molecule has 5 nitrogen and oxygen atoms in total. The quantitative estimate of drug-likeness (QED) is 0.324. The van der Waals surface area contributed by atoms with Crippen LogP contribution in [-0.4, -0.2) is 34.9 Å². The Bertz CT molecular complexity index is 1210. The lowest BCUT2D eigenvalue weighted by molar-refractivity contribution is 0.0696. The summed E-state index contributed by atoms with van der Waals surface area (Å²) in [5.41, 5.74) is 5.27. The van der Waals surface area contributed by atoms with Gasteiger partial charge in [-0.2, -0.15) is 0 Å². The van der Waals surface area contributed by atoms with Crippen molar-refractivity contribution in [3.63, 3.8) is 0 Å². The van der Waals surface area contributed by atoms with E-state index in [1.54, 1.807) is 24.3 Å². The van der Waals surface area contributed by atoms with Crippen molar-refractivity contribution in [2.75, 3.05) is 6.54 Å². The van der Waals surface area contributed by atoms with E-state index >= 15 is 0 Å². The number of carbonyl (C=O) groups is 1. The molecule has 3 N–H and O–H groups in total. The molecule has 0 aromatic heterocycles. The van der Waals surface area contributed by atoms with Gasteiger partial charge in [-0.15, -0.1) is 0 Å². The number of carboxylic acid groups (broad SMARTS) is 1. The van der Waals surface area contributed by atoms with E-state index in [9.17, 15) is 9.90 Å². The van der Waals surface area contributed by atoms with Crippen molar-refractivity contribution in [2.24, 2.45) is 0 Å². The number of halogens is 1. The number of fused-ring (bicyclic) bond motifs is 1. The Morgan fingerprint density at radius 2 is 1.73 bits per heavy atom. The standard InChI is InChI=1S/C31H34ClNO4/c32-25-12-7-21(8-13-25)29(34)19-33-26-14-9-20-5-6-23(17-24(20)18-26)28-3-1-2-4-30(28)37-27-15-10-22(11-16-27)31(35)36/h5-8,10-13,15-17,26,28-30,33-34H,1-4,9,14,18-19H2,(H,35,36)/t26-,28?,29+,30?/m0/s1. The lowest BCUT2D eigenvalue weighted by atomic mass is 9.79. The number of benzene rings is 3. The molecule has 0 radical (unpaired) electrons. The molecule has 6 heteroatoms. The summed E-state index contributed by atoms with van der Waals surface area (Å²) < 4.78 is 6.40. The van der Waals surface area contributed by atoms with E-state index in [1.165, 1.54) is 23.1 Å². The smallest absolute Gasteiger partial charge is 0.335 e. The van der Waals surface area contributed by atoms with Gasteiger partial charge < -0.3 is 20.3 Å². The Kier molecular flexibility index (Phi) is 8.14. The summed E-state index contributed by atoms with van der Waals surface area (Å²) >= 11 is 5.97. The third-order valence-electron chi connectivity index (χ3n) is 7.83. The van der Waals surface area contributed by atoms with Crippen LogP contribution in [0.4, 0.5) is 0 Å². The number of hydrogen-bond acceptors (Lipinski definition) is 4. The van der Waals surface area contributed by atoms with Crippen molar-refractivity contribution in [3.05, 3.63) is 99.6 Å². The first-order valence-electron chi connectivity index (χ1n) is 13.2. The van der Waals surface area contributed by atoms with Crippen molar-refractivity contribution in [1.82, 2.24) is 5.32 Å². The predicted octanol–water partition coefficient (Wildman–Crippen LogP) is 6.32. The van der Waals surface area contributed by atoms with Gasteiger partial charge in [0.15, 0.2) is 0 Å². The second-order valence-corrected chi connectivity index (χ2v) is 10.8. The predicted molar refractivity (Wildman–Crippen MR) is 146 cm³/mol. The monoisotopic (exact) mass is 519 g/mol. The summed E-state index contributed by atoms with van der Waals surface area (Å²) in [6.45, 7) is 0.514. The van der Waals surface area contributed by atoms with E-state index in [-0.39, 0.29) is 11.7 Å². The maximum absolute atomic E-state index is 11.2. The molecule has 2 unspecified atom stereocenters. The van der Waals surface area contributed by atoms with Crippen molar-refractivity contribution in [2.45, 2.75) is 69.1 Å². The third kappa shape index (κ3) is 6.35. The minimum Gasteiger partial charge on any atom is -0.490 e. The minimum atomic E-state index is -0.927. The molecule has 0 amide bonds. The van der Waals surface area contributed by atoms with E-state index in [1.807, 2.05) is 24.3 Å². The Hall–Kier alpha value is -2.86. The van der Waals surface area contributed by atoms with Crippen LogP contribution >= 0.6 is 11.6 Å². The van der Waals surface area contributed by atoms with Gasteiger partial charge in [-0.05, 0) is 97.2 Å². The summed E-state index contributed by atoms with van der Waals surface area (Å²) in [4.78, 5) is 11.2. The third-order valence-corrected chi connectivity index (χ3v) is 8.08. The first-order chi connectivity index (χ1) is 18.0. The zero-order valence-corrected chi connectivity index (χ0v) is 21.7. The minimum absolute atomic E-state index is 0.0783. The van der Waals surface area contributed by atoms with E-state index in [4.69, 9.17) is 21.4 Å². The molecule has 0 heterocycles. The average Bonchev–Trinajstić information content (AvgIpc) is 2.92. The summed E-state index contributed by atoms with van der Waals surface area (Å²) in [5, 5.41) is 24.0. The van der Waals surface area contributed by atoms with Gasteiger partial charge in [0, 0.05) is 23.5 Å². The first kappa shape index (κ1) is 25.8. The molecule has 0 spiro atoms. The highest BCUT2D eigenvalue weighted by molar-refractivity contribution is 6.30. The molecule has 3 aromatic rings. The number of aryl methyl sites for hydroxylation is 1. The van der Waals surface area contributed by atoms with Crippen LogP contribution in [0.15, 0.2) is 66.7 Å². The normalized spacial score (nSPS) is 22.2. The SMILES string of the molecule is O=C(O)c1ccc(OC2CCCCC2c2ccc3c(c2)C[C@@H](NC[C@@H](O)c2ccc(Cl)cc2)CC3)cc1. The fourth-order valence-corrected chi connectivity index (χ4v) is 5.86. The molecule has 0 saturated heterocycles. The van der Waals surface area contributed by atoms with Gasteiger partial charge in [-0.3, -0.25) is 0 Å². The number of nitrogens with one attached hydrogen (secondary N) is 1. The van der Waals surface area contributed by atoms with Gasteiger partial charge in [-0.25, -0.2) is 4.79 Å². The number of hydrogen-bond donors (Lipinski definition) is 3. The van der Waals surface area contributed by atoms with Gasteiger partial charge in [0.2, 0.25) is 0 Å². The summed E-state index contributed by atoms with van der Waals surface area (Å²) in [6, 6.07) is 21.4. The molecule has 1 saturated carbocycles. The summed E-state index contributed by atoms with van der Waals surface area (Å²) in [6.07, 6.45) is 6.97. The van der Waals surface area contributed by atoms with Crippen LogP contribution in [0.3, 0.4) is 0 Å². The Labute approximate surface area is 223 Å². The lowest BCUT2D eigenvalue weighted by Crippen LogP contribution is -2.37. The molecule has 194 valence electrons. The molecular formula is C31H34ClNO4. The largest absolute Gasteiger partial charge is 0.490 e. The topological polar surface area (TPSA) is 78.8 Å². The van der Waals surface area contributed by atoms with Crippen LogP contribution in [0.2, 0.25) is 5.02 Å². The molecule has 3 aromatic carbocycles. The van der Waals surface area contributed by atoms with Crippen molar-refractivity contribution < 1.29 is 19.7 Å². The van der Waals surface area contributed by atoms with Crippen LogP contribution in [0.1, 0.15) is 76.7 Å². The van der Waals surface area contributed by atoms with E-state index in [0.717, 1.165) is 49.8 Å². The van der Waals surface area contributed by atoms with Crippen LogP contribution in [-0.2, 0) is 12.8 Å². The molecule has 0 bridgehead atoms. The molecule has 0 aliphatic heterocycles. The Balaban J connectivity index is 1.24. The molecule has 5 rings (SSSR count). The van der Waals surface area contributed by atoms with Gasteiger partial charge in [-0.1, -0.05) is 48.4 Å². The van der Waals surface area contributed by atoms with E-state index < -0.39 is 12.1 Å². The molecule has 2 aliphatic rings. The average molecular weight is 520 g/mol. The van der Waals surface area contributed by atoms with Crippen molar-refractivity contribution in [1.29, 1.82) is 0 Å². The van der Waals surface area contributed by atoms with Gasteiger partial charge in [0.1, 0.15) is 11.9 Å². The van der Waals surface area contributed by atoms with Crippen LogP contribution in [0, 0.1) is 0 Å². The highest BCUT2D eigenvalue weighted by Crippen LogP contribution is 2.37.